The highest BCUT2D eigenvalue weighted by molar-refractivity contribution is 6.32. The lowest BCUT2D eigenvalue weighted by molar-refractivity contribution is 0.00419. The number of carbonyl (C=O) groups is 1. The lowest BCUT2D eigenvalue weighted by Crippen LogP contribution is -2.20. The van der Waals surface area contributed by atoms with Gasteiger partial charge in [-0.3, -0.25) is 0 Å². The molecule has 0 heterocycles. The zero-order chi connectivity index (χ0) is 14.6. The molecule has 0 fully saturated rings. The van der Waals surface area contributed by atoms with Crippen LogP contribution in [0.4, 0.5) is 5.69 Å². The molecule has 1 aromatic rings. The van der Waals surface area contributed by atoms with E-state index in [1.807, 2.05) is 0 Å². The second kappa shape index (κ2) is 6.72. The molecule has 0 saturated carbocycles. The first-order valence-electron chi connectivity index (χ1n) is 5.56. The van der Waals surface area contributed by atoms with Crippen molar-refractivity contribution in [1.82, 2.24) is 0 Å². The first kappa shape index (κ1) is 15.7. The Morgan fingerprint density at radius 2 is 2.11 bits per heavy atom. The van der Waals surface area contributed by atoms with Gasteiger partial charge in [-0.05, 0) is 18.6 Å². The molecule has 0 bridgehead atoms. The summed E-state index contributed by atoms with van der Waals surface area (Å²) in [5, 5.41) is 28.4. The molecule has 0 saturated heterocycles. The van der Waals surface area contributed by atoms with Crippen molar-refractivity contribution in [2.75, 3.05) is 19.5 Å². The second-order valence-electron chi connectivity index (χ2n) is 3.98. The standard InChI is InChI=1S/C12H16ClNO5/c1-19-12(18)7-4-6(8(13)5-9(7)14)11(17)10(16)2-3-15/h4-5,10-11,15-17H,2-3,14H2,1H3. The fourth-order valence-corrected chi connectivity index (χ4v) is 1.90. The van der Waals surface area contributed by atoms with E-state index in [4.69, 9.17) is 22.4 Å². The van der Waals surface area contributed by atoms with Gasteiger partial charge in [-0.1, -0.05) is 11.6 Å². The van der Waals surface area contributed by atoms with Crippen LogP contribution in [-0.4, -0.2) is 41.1 Å². The van der Waals surface area contributed by atoms with Crippen LogP contribution in [0.2, 0.25) is 5.02 Å². The minimum Gasteiger partial charge on any atom is -0.465 e. The summed E-state index contributed by atoms with van der Waals surface area (Å²) in [4.78, 5) is 11.5. The van der Waals surface area contributed by atoms with Gasteiger partial charge in [0.25, 0.3) is 0 Å². The third kappa shape index (κ3) is 3.57. The summed E-state index contributed by atoms with van der Waals surface area (Å²) in [7, 11) is 1.20. The van der Waals surface area contributed by atoms with Crippen molar-refractivity contribution in [1.29, 1.82) is 0 Å². The molecule has 0 aromatic heterocycles. The van der Waals surface area contributed by atoms with Crippen molar-refractivity contribution in [2.45, 2.75) is 18.6 Å². The van der Waals surface area contributed by atoms with Gasteiger partial charge in [0.1, 0.15) is 6.10 Å². The van der Waals surface area contributed by atoms with E-state index in [1.54, 1.807) is 0 Å². The van der Waals surface area contributed by atoms with Crippen molar-refractivity contribution in [2.24, 2.45) is 0 Å². The van der Waals surface area contributed by atoms with Gasteiger partial charge in [-0.2, -0.15) is 0 Å². The lowest BCUT2D eigenvalue weighted by Gasteiger charge is -2.19. The van der Waals surface area contributed by atoms with Gasteiger partial charge in [0.2, 0.25) is 0 Å². The van der Waals surface area contributed by atoms with Crippen molar-refractivity contribution in [3.8, 4) is 0 Å². The molecular weight excluding hydrogens is 274 g/mol. The number of benzene rings is 1. The maximum atomic E-state index is 11.5. The Balaban J connectivity index is 3.17. The molecule has 2 unspecified atom stereocenters. The highest BCUT2D eigenvalue weighted by Crippen LogP contribution is 2.31. The molecule has 0 aliphatic rings. The molecule has 0 spiro atoms. The molecule has 5 N–H and O–H groups in total. The summed E-state index contributed by atoms with van der Waals surface area (Å²) in [6.07, 6.45) is -2.55. The molecule has 0 aliphatic heterocycles. The molecule has 106 valence electrons. The van der Waals surface area contributed by atoms with Crippen molar-refractivity contribution < 1.29 is 24.9 Å². The second-order valence-corrected chi connectivity index (χ2v) is 4.38. The monoisotopic (exact) mass is 289 g/mol. The van der Waals surface area contributed by atoms with Crippen LogP contribution in [0.5, 0.6) is 0 Å². The number of aliphatic hydroxyl groups is 3. The number of rotatable bonds is 5. The van der Waals surface area contributed by atoms with Crippen LogP contribution in [0.1, 0.15) is 28.4 Å². The number of carbonyl (C=O) groups excluding carboxylic acids is 1. The molecule has 0 aliphatic carbocycles. The van der Waals surface area contributed by atoms with E-state index in [0.29, 0.717) is 0 Å². The first-order chi connectivity index (χ1) is 8.92. The SMILES string of the molecule is COC(=O)c1cc(C(O)C(O)CCO)c(Cl)cc1N. The molecule has 19 heavy (non-hydrogen) atoms. The van der Waals surface area contributed by atoms with Gasteiger partial charge in [-0.15, -0.1) is 0 Å². The minimum atomic E-state index is -1.33. The fourth-order valence-electron chi connectivity index (χ4n) is 1.62. The van der Waals surface area contributed by atoms with E-state index in [-0.39, 0.29) is 34.9 Å². The molecule has 6 nitrogen and oxygen atoms in total. The predicted octanol–water partition coefficient (Wildman–Crippen LogP) is 0.486. The van der Waals surface area contributed by atoms with E-state index >= 15 is 0 Å². The van der Waals surface area contributed by atoms with Crippen LogP contribution in [0, 0.1) is 0 Å². The molecule has 7 heteroatoms. The first-order valence-corrected chi connectivity index (χ1v) is 5.94. The highest BCUT2D eigenvalue weighted by atomic mass is 35.5. The van der Waals surface area contributed by atoms with Gasteiger partial charge in [0.15, 0.2) is 0 Å². The fraction of sp³-hybridized carbons (Fsp3) is 0.417. The van der Waals surface area contributed by atoms with E-state index in [2.05, 4.69) is 4.74 Å². The molecule has 1 aromatic carbocycles. The number of methoxy groups -OCH3 is 1. The summed E-state index contributed by atoms with van der Waals surface area (Å²) < 4.78 is 4.55. The Kier molecular flexibility index (Phi) is 5.56. The van der Waals surface area contributed by atoms with Gasteiger partial charge in [0.05, 0.1) is 18.8 Å². The van der Waals surface area contributed by atoms with E-state index in [9.17, 15) is 15.0 Å². The highest BCUT2D eigenvalue weighted by Gasteiger charge is 2.23. The summed E-state index contributed by atoms with van der Waals surface area (Å²) >= 11 is 5.92. The Morgan fingerprint density at radius 1 is 1.47 bits per heavy atom. The number of hydrogen-bond donors (Lipinski definition) is 4. The third-order valence-electron chi connectivity index (χ3n) is 2.68. The average Bonchev–Trinajstić information content (AvgIpc) is 2.37. The molecule has 0 amide bonds. The number of nitrogen functional groups attached to an aromatic ring is 1. The van der Waals surface area contributed by atoms with E-state index in [0.717, 1.165) is 0 Å². The number of nitrogens with two attached hydrogens (primary N) is 1. The van der Waals surface area contributed by atoms with Crippen molar-refractivity contribution in [3.63, 3.8) is 0 Å². The van der Waals surface area contributed by atoms with Crippen molar-refractivity contribution in [3.05, 3.63) is 28.3 Å². The molecule has 0 radical (unpaired) electrons. The quantitative estimate of drug-likeness (QED) is 0.463. The third-order valence-corrected chi connectivity index (χ3v) is 3.01. The average molecular weight is 290 g/mol. The van der Waals surface area contributed by atoms with Crippen LogP contribution in [-0.2, 0) is 4.74 Å². The minimum absolute atomic E-state index is 0.0184. The Morgan fingerprint density at radius 3 is 2.63 bits per heavy atom. The molecule has 2 atom stereocenters. The van der Waals surface area contributed by atoms with Crippen LogP contribution in [0.25, 0.3) is 0 Å². The zero-order valence-electron chi connectivity index (χ0n) is 10.3. The van der Waals surface area contributed by atoms with Gasteiger partial charge in [-0.25, -0.2) is 4.79 Å². The Bertz CT molecular complexity index is 466. The number of ether oxygens (including phenoxy) is 1. The van der Waals surface area contributed by atoms with E-state index in [1.165, 1.54) is 19.2 Å². The number of aliphatic hydroxyl groups excluding tert-OH is 3. The number of hydrogen-bond acceptors (Lipinski definition) is 6. The summed E-state index contributed by atoms with van der Waals surface area (Å²) in [5.41, 5.74) is 5.95. The largest absolute Gasteiger partial charge is 0.465 e. The van der Waals surface area contributed by atoms with Crippen LogP contribution in [0.3, 0.4) is 0 Å². The Labute approximate surface area is 115 Å². The number of halogens is 1. The molecule has 1 rings (SSSR count). The maximum Gasteiger partial charge on any atom is 0.339 e. The summed E-state index contributed by atoms with van der Waals surface area (Å²) in [5.74, 6) is -0.667. The van der Waals surface area contributed by atoms with E-state index < -0.39 is 18.2 Å². The maximum absolute atomic E-state index is 11.5. The summed E-state index contributed by atoms with van der Waals surface area (Å²) in [6.45, 7) is -0.283. The van der Waals surface area contributed by atoms with Crippen LogP contribution < -0.4 is 5.73 Å². The molecular formula is C12H16ClNO5. The van der Waals surface area contributed by atoms with Gasteiger partial charge < -0.3 is 25.8 Å². The Hall–Kier alpha value is -1.34. The lowest BCUT2D eigenvalue weighted by atomic mass is 9.99. The predicted molar refractivity (Wildman–Crippen MR) is 69.9 cm³/mol. The van der Waals surface area contributed by atoms with Gasteiger partial charge in [0, 0.05) is 22.9 Å². The number of anilines is 1. The topological polar surface area (TPSA) is 113 Å². The van der Waals surface area contributed by atoms with Crippen LogP contribution >= 0.6 is 11.6 Å². The smallest absolute Gasteiger partial charge is 0.339 e. The summed E-state index contributed by atoms with van der Waals surface area (Å²) in [6, 6.07) is 2.58. The number of esters is 1. The normalized spacial score (nSPS) is 13.9. The van der Waals surface area contributed by atoms with Gasteiger partial charge >= 0.3 is 5.97 Å². The van der Waals surface area contributed by atoms with Crippen LogP contribution in [0.15, 0.2) is 12.1 Å². The van der Waals surface area contributed by atoms with Crippen molar-refractivity contribution >= 4 is 23.3 Å². The zero-order valence-corrected chi connectivity index (χ0v) is 11.1.